The third kappa shape index (κ3) is 2.41. The molecule has 2 aromatic rings. The van der Waals surface area contributed by atoms with Crippen LogP contribution in [0.2, 0.25) is 0 Å². The maximum atomic E-state index is 12.2. The maximum Gasteiger partial charge on any atom is 0.266 e. The summed E-state index contributed by atoms with van der Waals surface area (Å²) in [6, 6.07) is 5.23. The van der Waals surface area contributed by atoms with Crippen molar-refractivity contribution in [1.29, 1.82) is 0 Å². The first-order chi connectivity index (χ1) is 9.06. The number of aromatic nitrogens is 1. The number of benzene rings is 1. The van der Waals surface area contributed by atoms with E-state index in [4.69, 9.17) is 21.4 Å². The van der Waals surface area contributed by atoms with Gasteiger partial charge < -0.3 is 19.5 Å². The number of oxazole rings is 1. The van der Waals surface area contributed by atoms with E-state index in [1.165, 1.54) is 0 Å². The van der Waals surface area contributed by atoms with Crippen LogP contribution in [0.3, 0.4) is 0 Å². The molecule has 1 fully saturated rings. The van der Waals surface area contributed by atoms with Gasteiger partial charge >= 0.3 is 0 Å². The number of fused-ring (bicyclic) bond motifs is 1. The molecule has 1 aromatic carbocycles. The Morgan fingerprint density at radius 3 is 3.11 bits per heavy atom. The smallest absolute Gasteiger partial charge is 0.266 e. The van der Waals surface area contributed by atoms with Crippen molar-refractivity contribution in [3.8, 4) is 0 Å². The molecule has 1 aliphatic rings. The third-order valence-corrected chi connectivity index (χ3v) is 3.50. The Hall–Kier alpha value is -1.66. The molecule has 5 nitrogen and oxygen atoms in total. The average Bonchev–Trinajstić information content (AvgIpc) is 2.93. The zero-order chi connectivity index (χ0) is 13.5. The highest BCUT2D eigenvalue weighted by Gasteiger charge is 2.31. The second-order valence-corrected chi connectivity index (χ2v) is 5.41. The first-order valence-electron chi connectivity index (χ1n) is 6.09. The van der Waals surface area contributed by atoms with Crippen LogP contribution in [0, 0.1) is 4.84 Å². The molecule has 3 rings (SSSR count). The fraction of sp³-hybridized carbons (Fsp3) is 0.385. The van der Waals surface area contributed by atoms with Gasteiger partial charge in [-0.15, -0.1) is 0 Å². The van der Waals surface area contributed by atoms with Crippen LogP contribution in [0.1, 0.15) is 23.7 Å². The summed E-state index contributed by atoms with van der Waals surface area (Å²) in [4.78, 5) is 15.4. The van der Waals surface area contributed by atoms with Crippen molar-refractivity contribution in [2.24, 2.45) is 0 Å². The van der Waals surface area contributed by atoms with E-state index in [0.29, 0.717) is 29.2 Å². The summed E-state index contributed by atoms with van der Waals surface area (Å²) in [5.41, 5.74) is 1.64. The Bertz CT molecular complexity index is 682. The number of ether oxygens (including phenoxy) is 1. The molecule has 1 aliphatic heterocycles. The van der Waals surface area contributed by atoms with Crippen LogP contribution in [-0.4, -0.2) is 29.6 Å². The van der Waals surface area contributed by atoms with E-state index in [0.717, 1.165) is 11.9 Å². The van der Waals surface area contributed by atoms with E-state index in [-0.39, 0.29) is 11.4 Å². The molecule has 1 saturated heterocycles. The number of nitrogens with one attached hydrogen (secondary N) is 2. The molecule has 0 unspecified atom stereocenters. The van der Waals surface area contributed by atoms with Crippen molar-refractivity contribution in [1.82, 2.24) is 10.3 Å². The lowest BCUT2D eigenvalue weighted by molar-refractivity contribution is 0.0890. The van der Waals surface area contributed by atoms with Crippen LogP contribution in [0.15, 0.2) is 22.6 Å². The van der Waals surface area contributed by atoms with E-state index in [1.54, 1.807) is 18.2 Å². The lowest BCUT2D eigenvalue weighted by Crippen LogP contribution is -2.46. The highest BCUT2D eigenvalue weighted by molar-refractivity contribution is 7.71. The number of carbonyl (C=O) groups is 1. The van der Waals surface area contributed by atoms with Gasteiger partial charge in [0.15, 0.2) is 5.58 Å². The largest absolute Gasteiger partial charge is 0.429 e. The van der Waals surface area contributed by atoms with Crippen LogP contribution in [0.5, 0.6) is 0 Å². The SMILES string of the molecule is C[C@@]1(NC(=O)c2ccc3[nH]c(=S)oc3c2)CCOC1. The summed E-state index contributed by atoms with van der Waals surface area (Å²) < 4.78 is 10.6. The fourth-order valence-electron chi connectivity index (χ4n) is 2.20. The Balaban J connectivity index is 1.86. The van der Waals surface area contributed by atoms with Gasteiger partial charge in [0.2, 0.25) is 0 Å². The van der Waals surface area contributed by atoms with Crippen LogP contribution < -0.4 is 5.32 Å². The summed E-state index contributed by atoms with van der Waals surface area (Å²) in [6.07, 6.45) is 0.825. The van der Waals surface area contributed by atoms with E-state index >= 15 is 0 Å². The number of aromatic amines is 1. The van der Waals surface area contributed by atoms with Gasteiger partial charge in [-0.3, -0.25) is 4.79 Å². The van der Waals surface area contributed by atoms with Crippen molar-refractivity contribution >= 4 is 29.2 Å². The highest BCUT2D eigenvalue weighted by atomic mass is 32.1. The lowest BCUT2D eigenvalue weighted by atomic mass is 10.0. The molecule has 0 saturated carbocycles. The molecule has 100 valence electrons. The predicted octanol–water partition coefficient (Wildman–Crippen LogP) is 2.40. The minimum atomic E-state index is -0.287. The van der Waals surface area contributed by atoms with Gasteiger partial charge in [0.25, 0.3) is 10.7 Å². The van der Waals surface area contributed by atoms with Crippen molar-refractivity contribution in [2.75, 3.05) is 13.2 Å². The van der Waals surface area contributed by atoms with Gasteiger partial charge in [-0.1, -0.05) is 0 Å². The number of H-pyrrole nitrogens is 1. The van der Waals surface area contributed by atoms with E-state index in [1.807, 2.05) is 6.92 Å². The van der Waals surface area contributed by atoms with Gasteiger partial charge in [0.05, 0.1) is 17.7 Å². The van der Waals surface area contributed by atoms with Gasteiger partial charge in [0, 0.05) is 12.2 Å². The fourth-order valence-corrected chi connectivity index (χ4v) is 2.40. The minimum absolute atomic E-state index is 0.128. The molecule has 6 heteroatoms. The second-order valence-electron chi connectivity index (χ2n) is 5.04. The summed E-state index contributed by atoms with van der Waals surface area (Å²) in [6.45, 7) is 3.21. The van der Waals surface area contributed by atoms with Crippen molar-refractivity contribution in [2.45, 2.75) is 18.9 Å². The number of hydrogen-bond donors (Lipinski definition) is 2. The molecule has 0 bridgehead atoms. The summed E-state index contributed by atoms with van der Waals surface area (Å²) in [5.74, 6) is -0.128. The molecular formula is C13H14N2O3S. The molecule has 1 amide bonds. The normalized spacial score (nSPS) is 22.8. The molecule has 1 atom stereocenters. The summed E-state index contributed by atoms with van der Waals surface area (Å²) in [5, 5.41) is 3.00. The van der Waals surface area contributed by atoms with Gasteiger partial charge in [-0.05, 0) is 43.8 Å². The lowest BCUT2D eigenvalue weighted by Gasteiger charge is -2.23. The molecule has 2 N–H and O–H groups in total. The van der Waals surface area contributed by atoms with Crippen molar-refractivity contribution in [3.63, 3.8) is 0 Å². The number of amides is 1. The summed E-state index contributed by atoms with van der Waals surface area (Å²) in [7, 11) is 0. The quantitative estimate of drug-likeness (QED) is 0.828. The molecular weight excluding hydrogens is 264 g/mol. The first-order valence-corrected chi connectivity index (χ1v) is 6.50. The second kappa shape index (κ2) is 4.47. The maximum absolute atomic E-state index is 12.2. The number of hydrogen-bond acceptors (Lipinski definition) is 4. The molecule has 0 spiro atoms. The topological polar surface area (TPSA) is 67.3 Å². The molecule has 19 heavy (non-hydrogen) atoms. The van der Waals surface area contributed by atoms with Gasteiger partial charge in [-0.2, -0.15) is 0 Å². The summed E-state index contributed by atoms with van der Waals surface area (Å²) >= 11 is 4.92. The van der Waals surface area contributed by atoms with Crippen molar-refractivity contribution in [3.05, 3.63) is 28.6 Å². The number of carbonyl (C=O) groups excluding carboxylic acids is 1. The monoisotopic (exact) mass is 278 g/mol. The third-order valence-electron chi connectivity index (χ3n) is 3.32. The Kier molecular flexibility index (Phi) is 2.91. The Morgan fingerprint density at radius 2 is 2.37 bits per heavy atom. The van der Waals surface area contributed by atoms with Crippen LogP contribution >= 0.6 is 12.2 Å². The molecule has 2 heterocycles. The van der Waals surface area contributed by atoms with E-state index in [9.17, 15) is 4.79 Å². The molecule has 0 aliphatic carbocycles. The Morgan fingerprint density at radius 1 is 1.53 bits per heavy atom. The predicted molar refractivity (Wildman–Crippen MR) is 72.7 cm³/mol. The molecule has 1 aromatic heterocycles. The first kappa shape index (κ1) is 12.4. The van der Waals surface area contributed by atoms with E-state index in [2.05, 4.69) is 10.3 Å². The highest BCUT2D eigenvalue weighted by Crippen LogP contribution is 2.20. The zero-order valence-corrected chi connectivity index (χ0v) is 11.3. The van der Waals surface area contributed by atoms with Gasteiger partial charge in [-0.25, -0.2) is 0 Å². The average molecular weight is 278 g/mol. The van der Waals surface area contributed by atoms with Gasteiger partial charge in [0.1, 0.15) is 0 Å². The minimum Gasteiger partial charge on any atom is -0.429 e. The zero-order valence-electron chi connectivity index (χ0n) is 10.5. The Labute approximate surface area is 114 Å². The molecule has 0 radical (unpaired) electrons. The van der Waals surface area contributed by atoms with Crippen molar-refractivity contribution < 1.29 is 13.9 Å². The van der Waals surface area contributed by atoms with Crippen LogP contribution in [0.25, 0.3) is 11.1 Å². The van der Waals surface area contributed by atoms with Crippen LogP contribution in [0.4, 0.5) is 0 Å². The van der Waals surface area contributed by atoms with Crippen LogP contribution in [-0.2, 0) is 4.74 Å². The van der Waals surface area contributed by atoms with E-state index < -0.39 is 0 Å². The number of rotatable bonds is 2. The standard InChI is InChI=1S/C13H14N2O3S/c1-13(4-5-17-7-13)15-11(16)8-2-3-9-10(6-8)18-12(19)14-9/h2-3,6H,4-5,7H2,1H3,(H,14,19)(H,15,16)/t13-/m1/s1.